The smallest absolute Gasteiger partial charge is 0.240 e. The molecule has 1 aromatic heterocycles. The molecular formula is C23H26N4O2. The van der Waals surface area contributed by atoms with Gasteiger partial charge in [-0.2, -0.15) is 0 Å². The van der Waals surface area contributed by atoms with Gasteiger partial charge in [0.25, 0.3) is 0 Å². The Hall–Kier alpha value is -2.86. The van der Waals surface area contributed by atoms with Crippen LogP contribution in [0.1, 0.15) is 31.5 Å². The lowest BCUT2D eigenvalue weighted by atomic mass is 10.00. The number of piperidine rings is 1. The third kappa shape index (κ3) is 3.98. The minimum atomic E-state index is 0.0421. The van der Waals surface area contributed by atoms with E-state index >= 15 is 0 Å². The highest BCUT2D eigenvalue weighted by Crippen LogP contribution is 2.27. The van der Waals surface area contributed by atoms with Crippen LogP contribution in [-0.2, 0) is 17.9 Å². The summed E-state index contributed by atoms with van der Waals surface area (Å²) in [7, 11) is 0. The summed E-state index contributed by atoms with van der Waals surface area (Å²) in [6.45, 7) is 0.580. The zero-order chi connectivity index (χ0) is 19.6. The van der Waals surface area contributed by atoms with E-state index in [-0.39, 0.29) is 18.5 Å². The Kier molecular flexibility index (Phi) is 4.94. The molecule has 6 heteroatoms. The topological polar surface area (TPSA) is 68.2 Å². The molecule has 3 heterocycles. The second-order valence-electron chi connectivity index (χ2n) is 8.08. The van der Waals surface area contributed by atoms with Gasteiger partial charge in [-0.05, 0) is 49.9 Å². The predicted octanol–water partition coefficient (Wildman–Crippen LogP) is 3.01. The van der Waals surface area contributed by atoms with Gasteiger partial charge in [0.1, 0.15) is 24.7 Å². The number of amides is 1. The minimum absolute atomic E-state index is 0.0421. The molecule has 2 N–H and O–H groups in total. The van der Waals surface area contributed by atoms with Gasteiger partial charge < -0.3 is 19.9 Å². The molecule has 2 unspecified atom stereocenters. The van der Waals surface area contributed by atoms with Crippen molar-refractivity contribution in [1.82, 2.24) is 20.2 Å². The van der Waals surface area contributed by atoms with Crippen LogP contribution in [-0.4, -0.2) is 33.6 Å². The van der Waals surface area contributed by atoms with Gasteiger partial charge >= 0.3 is 0 Å². The maximum atomic E-state index is 12.9. The van der Waals surface area contributed by atoms with Crippen molar-refractivity contribution in [3.63, 3.8) is 0 Å². The van der Waals surface area contributed by atoms with Gasteiger partial charge in [0.15, 0.2) is 0 Å². The van der Waals surface area contributed by atoms with Crippen molar-refractivity contribution in [2.45, 2.75) is 57.0 Å². The van der Waals surface area contributed by atoms with Gasteiger partial charge in [0.2, 0.25) is 5.91 Å². The van der Waals surface area contributed by atoms with Crippen LogP contribution in [0, 0.1) is 0 Å². The first-order valence-electron chi connectivity index (χ1n) is 10.4. The lowest BCUT2D eigenvalue weighted by Gasteiger charge is -2.29. The molecule has 2 fully saturated rings. The lowest BCUT2D eigenvalue weighted by Crippen LogP contribution is -2.48. The molecule has 6 nitrogen and oxygen atoms in total. The Balaban J connectivity index is 1.32. The molecule has 5 rings (SSSR count). The Bertz CT molecular complexity index is 989. The third-order valence-electron chi connectivity index (χ3n) is 5.98. The first kappa shape index (κ1) is 18.2. The fourth-order valence-electron chi connectivity index (χ4n) is 4.67. The number of nitrogens with one attached hydrogen (secondary N) is 2. The number of benzene rings is 2. The molecule has 0 aliphatic carbocycles. The first-order valence-corrected chi connectivity index (χ1v) is 10.4. The van der Waals surface area contributed by atoms with E-state index < -0.39 is 0 Å². The van der Waals surface area contributed by atoms with Crippen molar-refractivity contribution in [3.05, 3.63) is 60.4 Å². The highest BCUT2D eigenvalue weighted by Gasteiger charge is 2.34. The highest BCUT2D eigenvalue weighted by molar-refractivity contribution is 5.81. The highest BCUT2D eigenvalue weighted by atomic mass is 16.5. The summed E-state index contributed by atoms with van der Waals surface area (Å²) in [6.07, 6.45) is 4.50. The van der Waals surface area contributed by atoms with Gasteiger partial charge in [-0.25, -0.2) is 4.98 Å². The molecule has 2 atom stereocenters. The summed E-state index contributed by atoms with van der Waals surface area (Å²) in [6, 6.07) is 19.0. The summed E-state index contributed by atoms with van der Waals surface area (Å²) in [5.74, 6) is 1.59. The standard InChI is InChI=1S/C23H26N4O2/c28-23(25-18-12-16-10-11-17(13-18)24-16)14-27-21-9-5-4-8-20(21)26-22(27)15-29-19-6-2-1-3-7-19/h1-9,16-18,24H,10-15H2,(H,25,28). The molecule has 0 spiro atoms. The zero-order valence-corrected chi connectivity index (χ0v) is 16.4. The predicted molar refractivity (Wildman–Crippen MR) is 112 cm³/mol. The summed E-state index contributed by atoms with van der Waals surface area (Å²) < 4.78 is 7.88. The summed E-state index contributed by atoms with van der Waals surface area (Å²) in [4.78, 5) is 17.6. The molecule has 150 valence electrons. The van der Waals surface area contributed by atoms with E-state index in [1.807, 2.05) is 59.2 Å². The normalized spacial score (nSPS) is 23.2. The lowest BCUT2D eigenvalue weighted by molar-refractivity contribution is -0.122. The quantitative estimate of drug-likeness (QED) is 0.679. The van der Waals surface area contributed by atoms with E-state index in [9.17, 15) is 4.79 Å². The number of aromatic nitrogens is 2. The van der Waals surface area contributed by atoms with Crippen LogP contribution in [0.15, 0.2) is 54.6 Å². The summed E-state index contributed by atoms with van der Waals surface area (Å²) >= 11 is 0. The fraction of sp³-hybridized carbons (Fsp3) is 0.391. The molecule has 3 aromatic rings. The van der Waals surface area contributed by atoms with Crippen molar-refractivity contribution >= 4 is 16.9 Å². The van der Waals surface area contributed by atoms with Crippen LogP contribution in [0.5, 0.6) is 5.75 Å². The number of carbonyl (C=O) groups excluding carboxylic acids is 1. The van der Waals surface area contributed by atoms with Crippen LogP contribution >= 0.6 is 0 Å². The number of imidazole rings is 1. The average molecular weight is 390 g/mol. The van der Waals surface area contributed by atoms with E-state index in [2.05, 4.69) is 10.6 Å². The minimum Gasteiger partial charge on any atom is -0.486 e. The van der Waals surface area contributed by atoms with Gasteiger partial charge in [-0.1, -0.05) is 30.3 Å². The molecule has 2 bridgehead atoms. The van der Waals surface area contributed by atoms with Crippen molar-refractivity contribution in [1.29, 1.82) is 0 Å². The Labute approximate surface area is 170 Å². The van der Waals surface area contributed by atoms with Crippen LogP contribution in [0.3, 0.4) is 0 Å². The van der Waals surface area contributed by atoms with Crippen LogP contribution in [0.4, 0.5) is 0 Å². The van der Waals surface area contributed by atoms with Crippen LogP contribution < -0.4 is 15.4 Å². The molecule has 2 aliphatic heterocycles. The largest absolute Gasteiger partial charge is 0.486 e. The number of fused-ring (bicyclic) bond motifs is 3. The number of nitrogens with zero attached hydrogens (tertiary/aromatic N) is 2. The molecule has 0 radical (unpaired) electrons. The van der Waals surface area contributed by atoms with E-state index in [1.54, 1.807) is 0 Å². The molecule has 1 amide bonds. The number of ether oxygens (including phenoxy) is 1. The van der Waals surface area contributed by atoms with Gasteiger partial charge in [0.05, 0.1) is 11.0 Å². The summed E-state index contributed by atoms with van der Waals surface area (Å²) in [5, 5.41) is 6.88. The van der Waals surface area contributed by atoms with E-state index in [1.165, 1.54) is 12.8 Å². The number of rotatable bonds is 6. The van der Waals surface area contributed by atoms with E-state index in [0.29, 0.717) is 18.7 Å². The molecule has 2 aliphatic rings. The zero-order valence-electron chi connectivity index (χ0n) is 16.4. The third-order valence-corrected chi connectivity index (χ3v) is 5.98. The Morgan fingerprint density at radius 1 is 1.07 bits per heavy atom. The van der Waals surface area contributed by atoms with E-state index in [0.717, 1.165) is 35.4 Å². The second kappa shape index (κ2) is 7.87. The van der Waals surface area contributed by atoms with Gasteiger partial charge in [0, 0.05) is 18.1 Å². The van der Waals surface area contributed by atoms with Crippen molar-refractivity contribution in [2.75, 3.05) is 0 Å². The molecule has 2 aromatic carbocycles. The maximum absolute atomic E-state index is 12.9. The SMILES string of the molecule is O=C(Cn1c(COc2ccccc2)nc2ccccc21)NC1CC2CCC(C1)N2. The number of hydrogen-bond acceptors (Lipinski definition) is 4. The molecular weight excluding hydrogens is 364 g/mol. The molecule has 2 saturated heterocycles. The van der Waals surface area contributed by atoms with Crippen molar-refractivity contribution in [3.8, 4) is 5.75 Å². The molecule has 0 saturated carbocycles. The Morgan fingerprint density at radius 2 is 1.79 bits per heavy atom. The first-order chi connectivity index (χ1) is 14.2. The van der Waals surface area contributed by atoms with Crippen molar-refractivity contribution < 1.29 is 9.53 Å². The summed E-state index contributed by atoms with van der Waals surface area (Å²) in [5.41, 5.74) is 1.84. The maximum Gasteiger partial charge on any atom is 0.240 e. The monoisotopic (exact) mass is 390 g/mol. The van der Waals surface area contributed by atoms with E-state index in [4.69, 9.17) is 9.72 Å². The second-order valence-corrected chi connectivity index (χ2v) is 8.08. The van der Waals surface area contributed by atoms with Gasteiger partial charge in [-0.3, -0.25) is 4.79 Å². The Morgan fingerprint density at radius 3 is 2.59 bits per heavy atom. The number of para-hydroxylation sites is 3. The fourth-order valence-corrected chi connectivity index (χ4v) is 4.67. The van der Waals surface area contributed by atoms with Crippen molar-refractivity contribution in [2.24, 2.45) is 0 Å². The van der Waals surface area contributed by atoms with Crippen LogP contribution in [0.2, 0.25) is 0 Å². The van der Waals surface area contributed by atoms with Crippen LogP contribution in [0.25, 0.3) is 11.0 Å². The average Bonchev–Trinajstić information content (AvgIpc) is 3.26. The number of hydrogen-bond donors (Lipinski definition) is 2. The molecule has 29 heavy (non-hydrogen) atoms. The number of carbonyl (C=O) groups is 1. The van der Waals surface area contributed by atoms with Gasteiger partial charge in [-0.15, -0.1) is 0 Å².